The normalized spacial score (nSPS) is 25.8. The van der Waals surface area contributed by atoms with Gasteiger partial charge in [-0.1, -0.05) is 13.8 Å². The second-order valence-corrected chi connectivity index (χ2v) is 7.76. The largest absolute Gasteiger partial charge is 0.336 e. The Morgan fingerprint density at radius 3 is 2.71 bits per heavy atom. The van der Waals surface area contributed by atoms with Crippen LogP contribution in [0.1, 0.15) is 33.1 Å². The molecule has 3 rings (SSSR count). The van der Waals surface area contributed by atoms with Gasteiger partial charge in [-0.05, 0) is 38.3 Å². The number of hydrogen-bond donors (Lipinski definition) is 2. The van der Waals surface area contributed by atoms with Crippen molar-refractivity contribution in [1.82, 2.24) is 25.3 Å². The Kier molecular flexibility index (Phi) is 5.48. The number of nitrogens with one attached hydrogen (secondary N) is 2. The Morgan fingerprint density at radius 1 is 1.25 bits per heavy atom. The van der Waals surface area contributed by atoms with Gasteiger partial charge in [0.15, 0.2) is 0 Å². The summed E-state index contributed by atoms with van der Waals surface area (Å²) in [4.78, 5) is 30.6. The van der Waals surface area contributed by atoms with Crippen molar-refractivity contribution in [2.75, 3.05) is 45.8 Å². The summed E-state index contributed by atoms with van der Waals surface area (Å²) < 4.78 is 0. The van der Waals surface area contributed by atoms with Crippen LogP contribution in [-0.4, -0.2) is 84.7 Å². The monoisotopic (exact) mass is 337 g/mol. The van der Waals surface area contributed by atoms with Gasteiger partial charge in [-0.2, -0.15) is 0 Å². The summed E-state index contributed by atoms with van der Waals surface area (Å²) in [5.74, 6) is 0.561. The lowest BCUT2D eigenvalue weighted by Crippen LogP contribution is -2.58. The molecule has 0 aromatic carbocycles. The van der Waals surface area contributed by atoms with Crippen LogP contribution in [0.25, 0.3) is 0 Å². The van der Waals surface area contributed by atoms with Crippen molar-refractivity contribution >= 4 is 12.1 Å². The van der Waals surface area contributed by atoms with Crippen LogP contribution in [-0.2, 0) is 0 Å². The fourth-order valence-corrected chi connectivity index (χ4v) is 4.08. The van der Waals surface area contributed by atoms with Gasteiger partial charge in [0.2, 0.25) is 0 Å². The Labute approximate surface area is 144 Å². The average Bonchev–Trinajstić information content (AvgIpc) is 3.16. The molecule has 3 fully saturated rings. The van der Waals surface area contributed by atoms with E-state index in [-0.39, 0.29) is 24.1 Å². The highest BCUT2D eigenvalue weighted by Gasteiger charge is 2.37. The minimum atomic E-state index is 0.00627. The van der Waals surface area contributed by atoms with Gasteiger partial charge in [0.05, 0.1) is 6.04 Å². The van der Waals surface area contributed by atoms with Crippen molar-refractivity contribution in [1.29, 1.82) is 0 Å². The van der Waals surface area contributed by atoms with Crippen LogP contribution in [0, 0.1) is 5.92 Å². The molecule has 4 amide bonds. The van der Waals surface area contributed by atoms with Crippen LogP contribution in [0.3, 0.4) is 0 Å². The highest BCUT2D eigenvalue weighted by molar-refractivity contribution is 5.79. The van der Waals surface area contributed by atoms with Crippen LogP contribution >= 0.6 is 0 Å². The van der Waals surface area contributed by atoms with Crippen LogP contribution < -0.4 is 10.6 Å². The third-order valence-corrected chi connectivity index (χ3v) is 5.28. The molecule has 0 aliphatic carbocycles. The van der Waals surface area contributed by atoms with E-state index in [0.717, 1.165) is 26.1 Å². The van der Waals surface area contributed by atoms with E-state index in [1.54, 1.807) is 0 Å². The number of fused-ring (bicyclic) bond motifs is 1. The Morgan fingerprint density at radius 2 is 2.00 bits per heavy atom. The molecule has 1 unspecified atom stereocenters. The molecular formula is C17H31N5O2. The Balaban J connectivity index is 1.53. The molecule has 3 aliphatic heterocycles. The summed E-state index contributed by atoms with van der Waals surface area (Å²) in [6, 6.07) is 0.363. The third-order valence-electron chi connectivity index (χ3n) is 5.28. The average molecular weight is 337 g/mol. The second-order valence-electron chi connectivity index (χ2n) is 7.76. The lowest BCUT2D eigenvalue weighted by atomic mass is 10.0. The molecule has 0 aromatic heterocycles. The maximum atomic E-state index is 12.7. The molecule has 0 saturated carbocycles. The van der Waals surface area contributed by atoms with E-state index in [0.29, 0.717) is 32.1 Å². The standard InChI is InChI=1S/C17H31N5O2/c1-13(2)9-14(11-20-5-3-4-6-20)19-17(24)21-7-8-22-15(12-21)10-18-16(22)23/h13-15H,3-12H2,1-2H3,(H,18,23)(H,19,24)/t14-,15?/m0/s1. The zero-order valence-corrected chi connectivity index (χ0v) is 15.0. The van der Waals surface area contributed by atoms with Gasteiger partial charge in [0.25, 0.3) is 0 Å². The lowest BCUT2D eigenvalue weighted by molar-refractivity contribution is 0.125. The van der Waals surface area contributed by atoms with Crippen LogP contribution in [0.15, 0.2) is 0 Å². The number of amides is 4. The number of piperazine rings is 1. The van der Waals surface area contributed by atoms with Gasteiger partial charge >= 0.3 is 12.1 Å². The summed E-state index contributed by atoms with van der Waals surface area (Å²) in [7, 11) is 0. The highest BCUT2D eigenvalue weighted by atomic mass is 16.2. The third kappa shape index (κ3) is 4.12. The van der Waals surface area contributed by atoms with Crippen LogP contribution in [0.2, 0.25) is 0 Å². The molecular weight excluding hydrogens is 306 g/mol. The molecule has 0 spiro atoms. The summed E-state index contributed by atoms with van der Waals surface area (Å²) >= 11 is 0. The van der Waals surface area contributed by atoms with E-state index < -0.39 is 0 Å². The minimum absolute atomic E-state index is 0.00627. The first-order chi connectivity index (χ1) is 11.5. The maximum Gasteiger partial charge on any atom is 0.317 e. The van der Waals surface area contributed by atoms with Gasteiger partial charge in [0, 0.05) is 38.8 Å². The van der Waals surface area contributed by atoms with Crippen LogP contribution in [0.5, 0.6) is 0 Å². The van der Waals surface area contributed by atoms with E-state index in [2.05, 4.69) is 29.4 Å². The Hall–Kier alpha value is -1.50. The predicted molar refractivity (Wildman–Crippen MR) is 92.9 cm³/mol. The number of rotatable bonds is 5. The fourth-order valence-electron chi connectivity index (χ4n) is 4.08. The molecule has 2 N–H and O–H groups in total. The molecule has 7 nitrogen and oxygen atoms in total. The number of carbonyl (C=O) groups is 2. The van der Waals surface area contributed by atoms with Crippen LogP contribution in [0.4, 0.5) is 9.59 Å². The number of nitrogens with zero attached hydrogens (tertiary/aromatic N) is 3. The van der Waals surface area contributed by atoms with Crippen molar-refractivity contribution in [3.63, 3.8) is 0 Å². The predicted octanol–water partition coefficient (Wildman–Crippen LogP) is 0.916. The summed E-state index contributed by atoms with van der Waals surface area (Å²) in [6.45, 7) is 10.2. The number of likely N-dealkylation sites (tertiary alicyclic amines) is 1. The molecule has 0 bridgehead atoms. The van der Waals surface area contributed by atoms with Gasteiger partial charge in [-0.15, -0.1) is 0 Å². The molecule has 3 aliphatic rings. The second kappa shape index (κ2) is 7.59. The maximum absolute atomic E-state index is 12.7. The summed E-state index contributed by atoms with van der Waals surface area (Å²) in [5.41, 5.74) is 0. The van der Waals surface area contributed by atoms with E-state index in [9.17, 15) is 9.59 Å². The van der Waals surface area contributed by atoms with Crippen molar-refractivity contribution in [3.8, 4) is 0 Å². The van der Waals surface area contributed by atoms with E-state index in [1.165, 1.54) is 12.8 Å². The smallest absolute Gasteiger partial charge is 0.317 e. The topological polar surface area (TPSA) is 67.9 Å². The molecule has 24 heavy (non-hydrogen) atoms. The summed E-state index contributed by atoms with van der Waals surface area (Å²) in [5, 5.41) is 6.12. The zero-order chi connectivity index (χ0) is 17.1. The summed E-state index contributed by atoms with van der Waals surface area (Å²) in [6.07, 6.45) is 3.55. The number of hydrogen-bond acceptors (Lipinski definition) is 3. The van der Waals surface area contributed by atoms with E-state index in [4.69, 9.17) is 0 Å². The lowest BCUT2D eigenvalue weighted by Gasteiger charge is -2.37. The van der Waals surface area contributed by atoms with Gasteiger partial charge in [-0.25, -0.2) is 9.59 Å². The van der Waals surface area contributed by atoms with Gasteiger partial charge in [0.1, 0.15) is 0 Å². The molecule has 136 valence electrons. The number of urea groups is 2. The molecule has 7 heteroatoms. The molecule has 0 radical (unpaired) electrons. The van der Waals surface area contributed by atoms with Gasteiger partial charge in [-0.3, -0.25) is 0 Å². The van der Waals surface area contributed by atoms with Crippen molar-refractivity contribution < 1.29 is 9.59 Å². The first-order valence-corrected chi connectivity index (χ1v) is 9.35. The molecule has 3 saturated heterocycles. The molecule has 2 atom stereocenters. The van der Waals surface area contributed by atoms with Crippen molar-refractivity contribution in [2.24, 2.45) is 5.92 Å². The quantitative estimate of drug-likeness (QED) is 0.784. The molecule has 3 heterocycles. The first kappa shape index (κ1) is 17.3. The minimum Gasteiger partial charge on any atom is -0.336 e. The SMILES string of the molecule is CC(C)C[C@@H](CN1CCCC1)NC(=O)N1CCN2C(=O)NCC2C1. The number of carbonyl (C=O) groups excluding carboxylic acids is 2. The highest BCUT2D eigenvalue weighted by Crippen LogP contribution is 2.16. The first-order valence-electron chi connectivity index (χ1n) is 9.35. The van der Waals surface area contributed by atoms with E-state index >= 15 is 0 Å². The van der Waals surface area contributed by atoms with E-state index in [1.807, 2.05) is 9.80 Å². The van der Waals surface area contributed by atoms with Crippen molar-refractivity contribution in [2.45, 2.75) is 45.2 Å². The fraction of sp³-hybridized carbons (Fsp3) is 0.882. The van der Waals surface area contributed by atoms with Gasteiger partial charge < -0.3 is 25.3 Å². The molecule has 0 aromatic rings. The van der Waals surface area contributed by atoms with Crippen molar-refractivity contribution in [3.05, 3.63) is 0 Å². The Bertz CT molecular complexity index is 464. The zero-order valence-electron chi connectivity index (χ0n) is 15.0.